The van der Waals surface area contributed by atoms with Crippen LogP contribution in [0.2, 0.25) is 0 Å². The average molecular weight is 360 g/mol. The second-order valence-corrected chi connectivity index (χ2v) is 7.02. The van der Waals surface area contributed by atoms with Crippen molar-refractivity contribution >= 4 is 22.8 Å². The molecule has 26 heavy (non-hydrogen) atoms. The molecule has 1 unspecified atom stereocenters. The first-order chi connectivity index (χ1) is 12.3. The maximum absolute atomic E-state index is 12.7. The lowest BCUT2D eigenvalue weighted by Gasteiger charge is -2.24. The van der Waals surface area contributed by atoms with Gasteiger partial charge in [-0.25, -0.2) is 0 Å². The molecule has 0 radical (unpaired) electrons. The van der Waals surface area contributed by atoms with Crippen molar-refractivity contribution in [1.29, 1.82) is 0 Å². The van der Waals surface area contributed by atoms with Gasteiger partial charge in [-0.1, -0.05) is 0 Å². The Kier molecular flexibility index (Phi) is 4.91. The fraction of sp³-hybridized carbons (Fsp3) is 0.474. The van der Waals surface area contributed by atoms with Crippen molar-refractivity contribution in [3.63, 3.8) is 0 Å². The van der Waals surface area contributed by atoms with Crippen molar-refractivity contribution in [2.45, 2.75) is 51.2 Å². The SMILES string of the molecule is Cc1oc2ccc(OC3CCCC3)cc2c1C(=O)NC(C)(CO)C(N)=O. The van der Waals surface area contributed by atoms with Crippen molar-refractivity contribution < 1.29 is 23.8 Å². The van der Waals surface area contributed by atoms with Crippen LogP contribution in [0, 0.1) is 6.92 Å². The summed E-state index contributed by atoms with van der Waals surface area (Å²) in [6.07, 6.45) is 4.59. The summed E-state index contributed by atoms with van der Waals surface area (Å²) in [7, 11) is 0. The van der Waals surface area contributed by atoms with Gasteiger partial charge in [-0.15, -0.1) is 0 Å². The van der Waals surface area contributed by atoms with E-state index < -0.39 is 24.0 Å². The van der Waals surface area contributed by atoms with Gasteiger partial charge in [-0.2, -0.15) is 0 Å². The summed E-state index contributed by atoms with van der Waals surface area (Å²) in [5.74, 6) is -0.252. The molecule has 0 aliphatic heterocycles. The number of carbonyl (C=O) groups is 2. The van der Waals surface area contributed by atoms with E-state index in [9.17, 15) is 14.7 Å². The van der Waals surface area contributed by atoms with E-state index in [-0.39, 0.29) is 6.10 Å². The van der Waals surface area contributed by atoms with Crippen LogP contribution in [-0.4, -0.2) is 35.2 Å². The van der Waals surface area contributed by atoms with Gasteiger partial charge >= 0.3 is 0 Å². The van der Waals surface area contributed by atoms with Gasteiger partial charge < -0.3 is 25.3 Å². The second kappa shape index (κ2) is 6.99. The fourth-order valence-corrected chi connectivity index (χ4v) is 3.25. The Hall–Kier alpha value is -2.54. The van der Waals surface area contributed by atoms with Crippen LogP contribution in [0.25, 0.3) is 11.0 Å². The Bertz CT molecular complexity index is 838. The maximum Gasteiger partial charge on any atom is 0.256 e. The third-order valence-electron chi connectivity index (χ3n) is 4.92. The molecule has 1 aromatic heterocycles. The van der Waals surface area contributed by atoms with Gasteiger partial charge in [-0.05, 0) is 57.7 Å². The highest BCUT2D eigenvalue weighted by Gasteiger charge is 2.34. The number of furan rings is 1. The highest BCUT2D eigenvalue weighted by Crippen LogP contribution is 2.31. The number of carbonyl (C=O) groups excluding carboxylic acids is 2. The molecule has 2 amide bonds. The van der Waals surface area contributed by atoms with Gasteiger partial charge in [-0.3, -0.25) is 9.59 Å². The summed E-state index contributed by atoms with van der Waals surface area (Å²) < 4.78 is 11.7. The molecule has 2 aromatic rings. The van der Waals surface area contributed by atoms with Crippen LogP contribution in [0.4, 0.5) is 0 Å². The molecular weight excluding hydrogens is 336 g/mol. The molecule has 3 rings (SSSR count). The first-order valence-electron chi connectivity index (χ1n) is 8.77. The highest BCUT2D eigenvalue weighted by molar-refractivity contribution is 6.09. The predicted octanol–water partition coefficient (Wildman–Crippen LogP) is 2.03. The highest BCUT2D eigenvalue weighted by atomic mass is 16.5. The number of hydrogen-bond acceptors (Lipinski definition) is 5. The Morgan fingerprint density at radius 1 is 1.38 bits per heavy atom. The van der Waals surface area contributed by atoms with E-state index in [1.807, 2.05) is 6.07 Å². The van der Waals surface area contributed by atoms with Gasteiger partial charge in [0.05, 0.1) is 18.3 Å². The van der Waals surface area contributed by atoms with E-state index in [4.69, 9.17) is 14.9 Å². The molecular formula is C19H24N2O5. The molecule has 0 saturated heterocycles. The minimum Gasteiger partial charge on any atom is -0.490 e. The van der Waals surface area contributed by atoms with Crippen LogP contribution in [0.1, 0.15) is 48.7 Å². The number of ether oxygens (including phenoxy) is 1. The molecule has 1 aliphatic rings. The van der Waals surface area contributed by atoms with E-state index in [0.29, 0.717) is 28.0 Å². The predicted molar refractivity (Wildman–Crippen MR) is 96.0 cm³/mol. The average Bonchev–Trinajstić information content (AvgIpc) is 3.20. The minimum atomic E-state index is -1.55. The molecule has 1 heterocycles. The molecule has 0 spiro atoms. The molecule has 1 aromatic carbocycles. The first-order valence-corrected chi connectivity index (χ1v) is 8.77. The Morgan fingerprint density at radius 3 is 2.69 bits per heavy atom. The van der Waals surface area contributed by atoms with Crippen molar-refractivity contribution in [1.82, 2.24) is 5.32 Å². The summed E-state index contributed by atoms with van der Waals surface area (Å²) in [6.45, 7) is 2.45. The van der Waals surface area contributed by atoms with Crippen molar-refractivity contribution in [2.24, 2.45) is 5.73 Å². The van der Waals surface area contributed by atoms with Gasteiger partial charge in [0.2, 0.25) is 5.91 Å². The summed E-state index contributed by atoms with van der Waals surface area (Å²) in [4.78, 5) is 24.3. The molecule has 1 saturated carbocycles. The number of nitrogens with one attached hydrogen (secondary N) is 1. The summed E-state index contributed by atoms with van der Waals surface area (Å²) in [5, 5.41) is 12.5. The fourth-order valence-electron chi connectivity index (χ4n) is 3.25. The Morgan fingerprint density at radius 2 is 2.08 bits per heavy atom. The van der Waals surface area contributed by atoms with Crippen molar-refractivity contribution in [3.8, 4) is 5.75 Å². The number of primary amides is 1. The maximum atomic E-state index is 12.7. The lowest BCUT2D eigenvalue weighted by Crippen LogP contribution is -2.57. The van der Waals surface area contributed by atoms with Gasteiger partial charge in [0.25, 0.3) is 5.91 Å². The van der Waals surface area contributed by atoms with Gasteiger partial charge in [0.1, 0.15) is 22.6 Å². The van der Waals surface area contributed by atoms with Crippen molar-refractivity contribution in [2.75, 3.05) is 6.61 Å². The number of aliphatic hydroxyl groups excluding tert-OH is 1. The number of benzene rings is 1. The van der Waals surface area contributed by atoms with Crippen LogP contribution in [-0.2, 0) is 4.79 Å². The molecule has 140 valence electrons. The molecule has 0 bridgehead atoms. The lowest BCUT2D eigenvalue weighted by molar-refractivity contribution is -0.124. The quantitative estimate of drug-likeness (QED) is 0.729. The normalized spacial score (nSPS) is 17.2. The molecule has 1 aliphatic carbocycles. The molecule has 4 N–H and O–H groups in total. The molecule has 7 nitrogen and oxygen atoms in total. The largest absolute Gasteiger partial charge is 0.490 e. The first kappa shape index (κ1) is 18.3. The Balaban J connectivity index is 1.92. The topological polar surface area (TPSA) is 115 Å². The number of nitrogens with two attached hydrogens (primary N) is 1. The number of aryl methyl sites for hydroxylation is 1. The Labute approximate surface area is 151 Å². The standard InChI is InChI=1S/C19H24N2O5/c1-11-16(17(23)21-19(2,10-22)18(20)24)14-9-13(7-8-15(14)25-11)26-12-5-3-4-6-12/h7-9,12,22H,3-6,10H2,1-2H3,(H2,20,24)(H,21,23). The smallest absolute Gasteiger partial charge is 0.256 e. The monoisotopic (exact) mass is 360 g/mol. The molecule has 1 atom stereocenters. The zero-order chi connectivity index (χ0) is 18.9. The number of amides is 2. The van der Waals surface area contributed by atoms with E-state index in [1.165, 1.54) is 6.92 Å². The molecule has 7 heteroatoms. The molecule has 1 fully saturated rings. The van der Waals surface area contributed by atoms with Crippen LogP contribution in [0.3, 0.4) is 0 Å². The summed E-state index contributed by atoms with van der Waals surface area (Å²) in [6, 6.07) is 5.37. The van der Waals surface area contributed by atoms with E-state index in [1.54, 1.807) is 19.1 Å². The van der Waals surface area contributed by atoms with Gasteiger partial charge in [0.15, 0.2) is 0 Å². The summed E-state index contributed by atoms with van der Waals surface area (Å²) in [5.41, 5.74) is 4.60. The van der Waals surface area contributed by atoms with E-state index in [0.717, 1.165) is 25.7 Å². The van der Waals surface area contributed by atoms with E-state index >= 15 is 0 Å². The van der Waals surface area contributed by atoms with Crippen LogP contribution in [0.5, 0.6) is 5.75 Å². The van der Waals surface area contributed by atoms with Crippen LogP contribution in [0.15, 0.2) is 22.6 Å². The number of rotatable bonds is 6. The van der Waals surface area contributed by atoms with Crippen LogP contribution < -0.4 is 15.8 Å². The third kappa shape index (κ3) is 3.39. The minimum absolute atomic E-state index is 0.199. The summed E-state index contributed by atoms with van der Waals surface area (Å²) >= 11 is 0. The number of fused-ring (bicyclic) bond motifs is 1. The zero-order valence-corrected chi connectivity index (χ0v) is 15.0. The van der Waals surface area contributed by atoms with Crippen LogP contribution >= 0.6 is 0 Å². The van der Waals surface area contributed by atoms with Crippen molar-refractivity contribution in [3.05, 3.63) is 29.5 Å². The number of hydrogen-bond donors (Lipinski definition) is 3. The zero-order valence-electron chi connectivity index (χ0n) is 15.0. The number of aliphatic hydroxyl groups is 1. The lowest BCUT2D eigenvalue weighted by atomic mass is 10.0. The van der Waals surface area contributed by atoms with Gasteiger partial charge in [0, 0.05) is 5.39 Å². The second-order valence-electron chi connectivity index (χ2n) is 7.02. The van der Waals surface area contributed by atoms with E-state index in [2.05, 4.69) is 5.32 Å². The third-order valence-corrected chi connectivity index (χ3v) is 4.92.